The van der Waals surface area contributed by atoms with Crippen LogP contribution in [-0.2, 0) is 27.2 Å². The molecular weight excluding hydrogens is 496 g/mol. The maximum atomic E-state index is 13.4. The molecule has 0 spiro atoms. The van der Waals surface area contributed by atoms with Crippen LogP contribution in [0.1, 0.15) is 73.7 Å². The third kappa shape index (κ3) is 5.49. The van der Waals surface area contributed by atoms with E-state index in [2.05, 4.69) is 36.4 Å². The topological polar surface area (TPSA) is 123 Å². The normalized spacial score (nSPS) is 24.8. The molecule has 1 saturated carbocycles. The van der Waals surface area contributed by atoms with Gasteiger partial charge in [-0.15, -0.1) is 11.3 Å². The van der Waals surface area contributed by atoms with Crippen molar-refractivity contribution in [1.82, 2.24) is 5.32 Å². The second-order valence-corrected chi connectivity index (χ2v) is 12.5. The van der Waals surface area contributed by atoms with Crippen molar-refractivity contribution in [3.63, 3.8) is 0 Å². The van der Waals surface area contributed by atoms with E-state index in [-0.39, 0.29) is 23.6 Å². The second-order valence-electron chi connectivity index (χ2n) is 10.3. The van der Waals surface area contributed by atoms with Crippen molar-refractivity contribution in [2.75, 3.05) is 19.0 Å². The summed E-state index contributed by atoms with van der Waals surface area (Å²) >= 11 is 2.62. The number of carbonyl (C=O) groups is 3. The standard InChI is InChI=1S/C26H36N4O4S2/c1-13(2)12-28-24-19(22(31)29-16-10-6-5-8-14(16)3)20(27)21(36-24)23(32)30-25-18(26(33)34-4)15-9-7-11-17(15)35-25/h13-14,16,21H,5-12,27H2,1-4H3,(H,29,31)(H,30,32)/t14-,16-,21+/m0/s1. The lowest BCUT2D eigenvalue weighted by molar-refractivity contribution is -0.118. The monoisotopic (exact) mass is 532 g/mol. The first-order chi connectivity index (χ1) is 17.2. The van der Waals surface area contributed by atoms with Gasteiger partial charge in [0.05, 0.1) is 18.2 Å². The van der Waals surface area contributed by atoms with Gasteiger partial charge in [-0.05, 0) is 49.5 Å². The number of hydrogen-bond acceptors (Lipinski definition) is 8. The molecule has 2 aliphatic carbocycles. The first kappa shape index (κ1) is 26.7. The molecule has 2 heterocycles. The van der Waals surface area contributed by atoms with Crippen molar-refractivity contribution in [2.45, 2.75) is 77.0 Å². The van der Waals surface area contributed by atoms with E-state index < -0.39 is 11.2 Å². The number of thioether (sulfide) groups is 1. The number of anilines is 1. The van der Waals surface area contributed by atoms with Crippen molar-refractivity contribution in [1.29, 1.82) is 0 Å². The molecule has 0 bridgehead atoms. The number of aryl methyl sites for hydroxylation is 1. The predicted octanol–water partition coefficient (Wildman–Crippen LogP) is 4.04. The number of nitrogens with zero attached hydrogens (tertiary/aromatic N) is 1. The van der Waals surface area contributed by atoms with Gasteiger partial charge in [0, 0.05) is 23.2 Å². The van der Waals surface area contributed by atoms with Crippen LogP contribution in [0, 0.1) is 11.8 Å². The molecule has 0 radical (unpaired) electrons. The van der Waals surface area contributed by atoms with Gasteiger partial charge in [-0.3, -0.25) is 14.6 Å². The van der Waals surface area contributed by atoms with Gasteiger partial charge < -0.3 is 21.1 Å². The third-order valence-corrected chi connectivity index (χ3v) is 9.52. The van der Waals surface area contributed by atoms with Crippen molar-refractivity contribution in [2.24, 2.45) is 22.6 Å². The first-order valence-corrected chi connectivity index (χ1v) is 14.5. The number of esters is 1. The molecule has 0 unspecified atom stereocenters. The fraction of sp³-hybridized carbons (Fsp3) is 0.615. The zero-order valence-electron chi connectivity index (χ0n) is 21.4. The highest BCUT2D eigenvalue weighted by atomic mass is 32.2. The minimum atomic E-state index is -0.803. The summed E-state index contributed by atoms with van der Waals surface area (Å²) in [6, 6.07) is 0.0897. The Morgan fingerprint density at radius 1 is 1.17 bits per heavy atom. The highest BCUT2D eigenvalue weighted by molar-refractivity contribution is 8.16. The van der Waals surface area contributed by atoms with Crippen LogP contribution in [0.2, 0.25) is 0 Å². The molecule has 10 heteroatoms. The maximum Gasteiger partial charge on any atom is 0.341 e. The van der Waals surface area contributed by atoms with E-state index in [4.69, 9.17) is 10.5 Å². The minimum absolute atomic E-state index is 0.0897. The zero-order valence-corrected chi connectivity index (χ0v) is 23.1. The second kappa shape index (κ2) is 11.4. The summed E-state index contributed by atoms with van der Waals surface area (Å²) < 4.78 is 4.99. The minimum Gasteiger partial charge on any atom is -0.465 e. The Morgan fingerprint density at radius 2 is 1.92 bits per heavy atom. The van der Waals surface area contributed by atoms with Crippen LogP contribution in [0.15, 0.2) is 16.3 Å². The molecule has 3 atom stereocenters. The van der Waals surface area contributed by atoms with E-state index >= 15 is 0 Å². The molecule has 2 amide bonds. The lowest BCUT2D eigenvalue weighted by Crippen LogP contribution is -2.42. The van der Waals surface area contributed by atoms with Gasteiger partial charge >= 0.3 is 5.97 Å². The Morgan fingerprint density at radius 3 is 2.61 bits per heavy atom. The van der Waals surface area contributed by atoms with Gasteiger partial charge in [-0.1, -0.05) is 45.4 Å². The number of nitrogens with one attached hydrogen (secondary N) is 2. The molecule has 1 fully saturated rings. The molecule has 1 aromatic rings. The summed E-state index contributed by atoms with van der Waals surface area (Å²) in [7, 11) is 1.34. The molecule has 1 aromatic heterocycles. The Labute approximate surface area is 220 Å². The Bertz CT molecular complexity index is 1110. The SMILES string of the molecule is COC(=O)c1c(NC(=O)[C@@H]2SC(=NCC(C)C)C(C(=O)N[C@H]3CCCC[C@@H]3C)=C2N)sc2c1CCC2. The smallest absolute Gasteiger partial charge is 0.341 e. The van der Waals surface area contributed by atoms with Crippen LogP contribution in [0.25, 0.3) is 0 Å². The first-order valence-electron chi connectivity index (χ1n) is 12.8. The van der Waals surface area contributed by atoms with E-state index in [1.807, 2.05) is 0 Å². The van der Waals surface area contributed by atoms with E-state index in [9.17, 15) is 14.4 Å². The Kier molecular flexibility index (Phi) is 8.44. The maximum absolute atomic E-state index is 13.4. The van der Waals surface area contributed by atoms with Gasteiger partial charge in [0.1, 0.15) is 15.3 Å². The summed E-state index contributed by atoms with van der Waals surface area (Å²) in [6.07, 6.45) is 6.96. The summed E-state index contributed by atoms with van der Waals surface area (Å²) in [6.45, 7) is 6.79. The van der Waals surface area contributed by atoms with Gasteiger partial charge in [0.2, 0.25) is 5.91 Å². The molecule has 0 saturated heterocycles. The van der Waals surface area contributed by atoms with Crippen LogP contribution in [-0.4, -0.2) is 47.8 Å². The highest BCUT2D eigenvalue weighted by Gasteiger charge is 2.40. The predicted molar refractivity (Wildman–Crippen MR) is 146 cm³/mol. The van der Waals surface area contributed by atoms with Gasteiger partial charge in [-0.25, -0.2) is 4.79 Å². The molecule has 0 aromatic carbocycles. The number of thiophene rings is 1. The molecule has 4 rings (SSSR count). The van der Waals surface area contributed by atoms with Crippen LogP contribution in [0.5, 0.6) is 0 Å². The average molecular weight is 533 g/mol. The number of hydrogen-bond donors (Lipinski definition) is 3. The molecule has 1 aliphatic heterocycles. The number of methoxy groups -OCH3 is 1. The van der Waals surface area contributed by atoms with Crippen LogP contribution < -0.4 is 16.4 Å². The van der Waals surface area contributed by atoms with E-state index in [0.717, 1.165) is 49.0 Å². The van der Waals surface area contributed by atoms with Gasteiger partial charge in [0.25, 0.3) is 5.91 Å². The highest BCUT2D eigenvalue weighted by Crippen LogP contribution is 2.41. The van der Waals surface area contributed by atoms with E-state index in [1.165, 1.54) is 36.6 Å². The molecule has 36 heavy (non-hydrogen) atoms. The van der Waals surface area contributed by atoms with Crippen molar-refractivity contribution < 1.29 is 19.1 Å². The van der Waals surface area contributed by atoms with Crippen molar-refractivity contribution in [3.05, 3.63) is 27.3 Å². The van der Waals surface area contributed by atoms with Crippen molar-refractivity contribution in [3.8, 4) is 0 Å². The van der Waals surface area contributed by atoms with E-state index in [1.54, 1.807) is 0 Å². The van der Waals surface area contributed by atoms with Gasteiger partial charge in [-0.2, -0.15) is 0 Å². The number of aliphatic imine (C=N–C) groups is 1. The summed E-state index contributed by atoms with van der Waals surface area (Å²) in [5.41, 5.74) is 8.40. The van der Waals surface area contributed by atoms with Gasteiger partial charge in [0.15, 0.2) is 0 Å². The lowest BCUT2D eigenvalue weighted by Gasteiger charge is -2.29. The van der Waals surface area contributed by atoms with Crippen LogP contribution >= 0.6 is 23.1 Å². The zero-order chi connectivity index (χ0) is 26.0. The molecule has 4 N–H and O–H groups in total. The molecule has 8 nitrogen and oxygen atoms in total. The molecule has 3 aliphatic rings. The van der Waals surface area contributed by atoms with Crippen molar-refractivity contribution >= 4 is 50.9 Å². The van der Waals surface area contributed by atoms with Crippen LogP contribution in [0.3, 0.4) is 0 Å². The Hall–Kier alpha value is -2.33. The van der Waals surface area contributed by atoms with E-state index in [0.29, 0.717) is 39.6 Å². The largest absolute Gasteiger partial charge is 0.465 e. The fourth-order valence-electron chi connectivity index (χ4n) is 5.05. The summed E-state index contributed by atoms with van der Waals surface area (Å²) in [5, 5.41) is 6.27. The average Bonchev–Trinajstić information content (AvgIpc) is 3.51. The lowest BCUT2D eigenvalue weighted by atomic mass is 9.86. The number of carbonyl (C=O) groups excluding carboxylic acids is 3. The molecule has 196 valence electrons. The third-order valence-electron chi connectivity index (χ3n) is 7.06. The summed E-state index contributed by atoms with van der Waals surface area (Å²) in [4.78, 5) is 45.1. The number of amides is 2. The summed E-state index contributed by atoms with van der Waals surface area (Å²) in [5.74, 6) is -0.388. The number of rotatable bonds is 7. The quantitative estimate of drug-likeness (QED) is 0.456. The number of nitrogens with two attached hydrogens (primary N) is 1. The van der Waals surface area contributed by atoms with Crippen LogP contribution in [0.4, 0.5) is 5.00 Å². The number of fused-ring (bicyclic) bond motifs is 1. The fourth-order valence-corrected chi connectivity index (χ4v) is 7.44. The number of ether oxygens (including phenoxy) is 1. The Balaban J connectivity index is 1.59. The molecular formula is C26H36N4O4S2.